The lowest BCUT2D eigenvalue weighted by atomic mass is 9.95. The van der Waals surface area contributed by atoms with E-state index in [1.165, 1.54) is 23.5 Å². The molecule has 4 rings (SSSR count). The monoisotopic (exact) mass is 468 g/mol. The van der Waals surface area contributed by atoms with E-state index in [1.807, 2.05) is 0 Å². The van der Waals surface area contributed by atoms with Gasteiger partial charge in [-0.2, -0.15) is 4.57 Å². The Morgan fingerprint density at radius 3 is 2.93 bits per heavy atom. The molecule has 0 radical (unpaired) electrons. The molecule has 1 aliphatic rings. The zero-order chi connectivity index (χ0) is 19.1. The summed E-state index contributed by atoms with van der Waals surface area (Å²) in [5.74, 6) is -0.937. The summed E-state index contributed by atoms with van der Waals surface area (Å²) < 4.78 is 17.2. The molecule has 0 fully saturated rings. The molecule has 27 heavy (non-hydrogen) atoms. The van der Waals surface area contributed by atoms with Crippen molar-refractivity contribution in [2.45, 2.75) is 18.6 Å². The van der Waals surface area contributed by atoms with Crippen LogP contribution in [0, 0.1) is 5.82 Å². The summed E-state index contributed by atoms with van der Waals surface area (Å²) in [6, 6.07) is 8.37. The lowest BCUT2D eigenvalue weighted by molar-refractivity contribution is -0.764. The second-order valence-electron chi connectivity index (χ2n) is 6.07. The minimum absolute atomic E-state index is 0.110. The second kappa shape index (κ2) is 7.37. The molecule has 0 aliphatic carbocycles. The van der Waals surface area contributed by atoms with Crippen LogP contribution in [0.1, 0.15) is 33.1 Å². The van der Waals surface area contributed by atoms with Gasteiger partial charge < -0.3 is 5.21 Å². The summed E-state index contributed by atoms with van der Waals surface area (Å²) in [6.07, 6.45) is 3.10. The topological polar surface area (TPSA) is 57.3 Å². The van der Waals surface area contributed by atoms with Gasteiger partial charge in [0.25, 0.3) is 11.5 Å². The molecule has 5 nitrogen and oxygen atoms in total. The number of carbonyl (C=O) groups excluding carboxylic acids is 1. The van der Waals surface area contributed by atoms with Gasteiger partial charge in [-0.25, -0.2) is 9.37 Å². The molecule has 2 unspecified atom stereocenters. The average Bonchev–Trinajstić information content (AvgIpc) is 3.06. The minimum atomic E-state index is -1.15. The lowest BCUT2D eigenvalue weighted by Crippen LogP contribution is -2.59. The van der Waals surface area contributed by atoms with E-state index in [2.05, 4.69) is 20.9 Å². The van der Waals surface area contributed by atoms with Gasteiger partial charge in [-0.3, -0.25) is 4.79 Å². The number of fused-ring (bicyclic) bond motifs is 1. The molecule has 1 aromatic carbocycles. The second-order valence-corrected chi connectivity index (χ2v) is 8.68. The van der Waals surface area contributed by atoms with Crippen LogP contribution in [0.25, 0.3) is 0 Å². The van der Waals surface area contributed by atoms with E-state index in [0.29, 0.717) is 21.1 Å². The highest BCUT2D eigenvalue weighted by Crippen LogP contribution is 2.35. The fourth-order valence-electron chi connectivity index (χ4n) is 3.24. The zero-order valence-electron chi connectivity index (χ0n) is 13.7. The maximum absolute atomic E-state index is 14.5. The largest absolute Gasteiger partial charge is 0.307 e. The number of hydrogen-bond acceptors (Lipinski definition) is 5. The first-order chi connectivity index (χ1) is 13.0. The van der Waals surface area contributed by atoms with E-state index in [1.54, 1.807) is 41.2 Å². The number of Topliss-reactive ketones (excluding diaryl/α,β-unsaturated/α-hetero) is 1. The van der Waals surface area contributed by atoms with Crippen molar-refractivity contribution in [3.63, 3.8) is 0 Å². The highest BCUT2D eigenvalue weighted by Gasteiger charge is 2.47. The highest BCUT2D eigenvalue weighted by atomic mass is 79.9. The van der Waals surface area contributed by atoms with Gasteiger partial charge in [0, 0.05) is 33.2 Å². The molecule has 3 heterocycles. The summed E-state index contributed by atoms with van der Waals surface area (Å²) in [4.78, 5) is 17.9. The average molecular weight is 470 g/mol. The number of hydrogen-bond donors (Lipinski definition) is 1. The van der Waals surface area contributed by atoms with Gasteiger partial charge in [0.05, 0.1) is 6.42 Å². The van der Waals surface area contributed by atoms with E-state index >= 15 is 0 Å². The van der Waals surface area contributed by atoms with Crippen LogP contribution >= 0.6 is 38.9 Å². The molecule has 9 heteroatoms. The van der Waals surface area contributed by atoms with Gasteiger partial charge in [0.2, 0.25) is 6.17 Å². The summed E-state index contributed by atoms with van der Waals surface area (Å²) in [5, 5.41) is 11.9. The molecule has 2 aromatic heterocycles. The Hall–Kier alpha value is -1.71. The molecule has 3 aromatic rings. The van der Waals surface area contributed by atoms with Crippen molar-refractivity contribution in [2.75, 3.05) is 0 Å². The first kappa shape index (κ1) is 18.6. The van der Waals surface area contributed by atoms with Crippen molar-refractivity contribution < 1.29 is 19.0 Å². The molecule has 1 N–H and O–H groups in total. The Labute approximate surface area is 171 Å². The summed E-state index contributed by atoms with van der Waals surface area (Å²) in [7, 11) is 0. The Morgan fingerprint density at radius 2 is 2.19 bits per heavy atom. The molecular weight excluding hydrogens is 457 g/mol. The molecule has 0 spiro atoms. The third kappa shape index (κ3) is 3.43. The molecule has 0 saturated carbocycles. The molecule has 0 bridgehead atoms. The van der Waals surface area contributed by atoms with Crippen molar-refractivity contribution in [3.05, 3.63) is 79.7 Å². The van der Waals surface area contributed by atoms with Crippen molar-refractivity contribution in [3.8, 4) is 0 Å². The van der Waals surface area contributed by atoms with Gasteiger partial charge in [-0.15, -0.1) is 16.4 Å². The quantitative estimate of drug-likeness (QED) is 0.579. The van der Waals surface area contributed by atoms with Crippen molar-refractivity contribution in [2.24, 2.45) is 0 Å². The SMILES string of the molecule is O=C1c2cccc[n+]2C(Cc2cnc(Cl)s2)N(O)C1c1cc(Br)ccc1F. The first-order valence-corrected chi connectivity index (χ1v) is 10.0. The predicted octanol–water partition coefficient (Wildman–Crippen LogP) is 4.36. The third-order valence-electron chi connectivity index (χ3n) is 4.44. The van der Waals surface area contributed by atoms with Crippen LogP contribution < -0.4 is 4.57 Å². The van der Waals surface area contributed by atoms with Crippen LogP contribution in [-0.2, 0) is 6.42 Å². The number of pyridine rings is 1. The van der Waals surface area contributed by atoms with Gasteiger partial charge in [-0.05, 0) is 24.3 Å². The van der Waals surface area contributed by atoms with Gasteiger partial charge in [0.1, 0.15) is 11.9 Å². The number of rotatable bonds is 3. The number of nitrogens with zero attached hydrogens (tertiary/aromatic N) is 3. The van der Waals surface area contributed by atoms with Gasteiger partial charge in [0.15, 0.2) is 10.7 Å². The maximum Gasteiger partial charge on any atom is 0.252 e. The van der Waals surface area contributed by atoms with E-state index in [0.717, 1.165) is 9.94 Å². The Balaban J connectivity index is 1.82. The molecule has 2 atom stereocenters. The standard InChI is InChI=1S/C18H13BrClFN3O2S/c19-10-4-5-13(21)12(7-10)16-17(25)14-3-1-2-6-23(14)15(24(16)26)8-11-9-22-18(20)27-11/h1-7,9,15-16,26H,8H2/q+1. The number of carbonyl (C=O) groups is 1. The first-order valence-electron chi connectivity index (χ1n) is 8.02. The van der Waals surface area contributed by atoms with E-state index < -0.39 is 18.0 Å². The maximum atomic E-state index is 14.5. The zero-order valence-corrected chi connectivity index (χ0v) is 16.9. The number of benzene rings is 1. The molecule has 0 saturated heterocycles. The lowest BCUT2D eigenvalue weighted by Gasteiger charge is -2.33. The Morgan fingerprint density at radius 1 is 1.37 bits per heavy atom. The molecule has 0 amide bonds. The van der Waals surface area contributed by atoms with E-state index in [-0.39, 0.29) is 11.3 Å². The van der Waals surface area contributed by atoms with Crippen LogP contribution in [0.4, 0.5) is 4.39 Å². The van der Waals surface area contributed by atoms with Gasteiger partial charge >= 0.3 is 0 Å². The Kier molecular flexibility index (Phi) is 5.09. The van der Waals surface area contributed by atoms with Crippen LogP contribution in [0.15, 0.2) is 53.3 Å². The number of hydroxylamine groups is 2. The smallest absolute Gasteiger partial charge is 0.252 e. The summed E-state index contributed by atoms with van der Waals surface area (Å²) in [5.41, 5.74) is 0.507. The normalized spacial score (nSPS) is 19.9. The van der Waals surface area contributed by atoms with Gasteiger partial charge in [-0.1, -0.05) is 27.5 Å². The van der Waals surface area contributed by atoms with Crippen LogP contribution in [0.5, 0.6) is 0 Å². The predicted molar refractivity (Wildman–Crippen MR) is 101 cm³/mol. The van der Waals surface area contributed by atoms with E-state index in [9.17, 15) is 14.4 Å². The van der Waals surface area contributed by atoms with Crippen molar-refractivity contribution in [1.82, 2.24) is 10.0 Å². The third-order valence-corrected chi connectivity index (χ3v) is 6.07. The van der Waals surface area contributed by atoms with Crippen LogP contribution in [-0.4, -0.2) is 21.0 Å². The minimum Gasteiger partial charge on any atom is -0.307 e. The summed E-state index contributed by atoms with van der Waals surface area (Å²) >= 11 is 10.5. The highest BCUT2D eigenvalue weighted by molar-refractivity contribution is 9.10. The summed E-state index contributed by atoms with van der Waals surface area (Å²) in [6.45, 7) is 0. The molecular formula is C18H13BrClFN3O2S+. The number of halogens is 3. The fourth-order valence-corrected chi connectivity index (χ4v) is 4.63. The number of thiazole rings is 1. The number of ketones is 1. The fraction of sp³-hybridized carbons (Fsp3) is 0.167. The van der Waals surface area contributed by atoms with Crippen molar-refractivity contribution >= 4 is 44.7 Å². The Bertz CT molecular complexity index is 1030. The number of aromatic nitrogens is 2. The van der Waals surface area contributed by atoms with Crippen LogP contribution in [0.2, 0.25) is 4.47 Å². The van der Waals surface area contributed by atoms with E-state index in [4.69, 9.17) is 11.6 Å². The van der Waals surface area contributed by atoms with Crippen LogP contribution in [0.3, 0.4) is 0 Å². The molecule has 138 valence electrons. The van der Waals surface area contributed by atoms with Crippen molar-refractivity contribution in [1.29, 1.82) is 0 Å². The molecule has 1 aliphatic heterocycles.